The van der Waals surface area contributed by atoms with Crippen molar-refractivity contribution in [2.24, 2.45) is 7.05 Å². The Balaban J connectivity index is 2.78. The number of aromatic hydroxyl groups is 1. The Morgan fingerprint density at radius 1 is 1.48 bits per heavy atom. The average molecular weight is 333 g/mol. The van der Waals surface area contributed by atoms with Crippen molar-refractivity contribution in [3.8, 4) is 34.6 Å². The summed E-state index contributed by atoms with van der Waals surface area (Å²) in [6.45, 7) is 1.66. The van der Waals surface area contributed by atoms with Gasteiger partial charge in [0.25, 0.3) is 11.4 Å². The fourth-order valence-electron chi connectivity index (χ4n) is 2.23. The van der Waals surface area contributed by atoms with Gasteiger partial charge in [-0.05, 0) is 29.7 Å². The molecule has 1 heterocycles. The van der Waals surface area contributed by atoms with Gasteiger partial charge in [0.2, 0.25) is 5.75 Å². The lowest BCUT2D eigenvalue weighted by atomic mass is 9.98. The van der Waals surface area contributed by atoms with E-state index in [0.29, 0.717) is 12.0 Å². The molecule has 2 aromatic rings. The molecular weight excluding hydrogens is 318 g/mol. The molecule has 0 spiro atoms. The van der Waals surface area contributed by atoms with Crippen molar-refractivity contribution in [3.63, 3.8) is 0 Å². The molecule has 0 amide bonds. The number of nitrogens with zero attached hydrogens (tertiary/aromatic N) is 3. The van der Waals surface area contributed by atoms with E-state index in [-0.39, 0.29) is 29.5 Å². The Labute approximate surface area is 138 Å². The van der Waals surface area contributed by atoms with Crippen LogP contribution in [0.2, 0.25) is 0 Å². The maximum absolute atomic E-state index is 12.5. The molecule has 0 saturated carbocycles. The van der Waals surface area contributed by atoms with Crippen molar-refractivity contribution in [1.82, 2.24) is 9.78 Å². The van der Waals surface area contributed by atoms with Crippen LogP contribution in [0.3, 0.4) is 0 Å². The molecule has 0 aliphatic heterocycles. The molecule has 1 aromatic heterocycles. The molecule has 0 saturated heterocycles. The number of phenolic OH excluding ortho intramolecular Hbond substituents is 1. The number of hydrogen-bond acceptors (Lipinski definition) is 7. The summed E-state index contributed by atoms with van der Waals surface area (Å²) in [5.41, 5.74) is 1.14. The largest absolute Gasteiger partial charge is 0.508 e. The van der Waals surface area contributed by atoms with Crippen LogP contribution in [-0.4, -0.2) is 21.5 Å². The van der Waals surface area contributed by atoms with Gasteiger partial charge < -0.3 is 14.0 Å². The average Bonchev–Trinajstić information content (AvgIpc) is 2.55. The van der Waals surface area contributed by atoms with Crippen molar-refractivity contribution in [3.05, 3.63) is 34.1 Å². The molecule has 8 heteroatoms. The second kappa shape index (κ2) is 7.07. The predicted octanol–water partition coefficient (Wildman–Crippen LogP) is 1.84. The number of hydrogen-bond donors (Lipinski definition) is 2. The minimum absolute atomic E-state index is 0.00576. The van der Waals surface area contributed by atoms with Gasteiger partial charge >= 0.3 is 0 Å². The van der Waals surface area contributed by atoms with E-state index in [0.717, 1.165) is 10.2 Å². The van der Waals surface area contributed by atoms with Crippen LogP contribution in [-0.2, 0) is 13.5 Å². The Morgan fingerprint density at radius 3 is 2.83 bits per heavy atom. The number of ether oxygens (including phenoxy) is 1. The summed E-state index contributed by atoms with van der Waals surface area (Å²) in [4.78, 5) is 12.5. The third-order valence-electron chi connectivity index (χ3n) is 3.27. The van der Waals surface area contributed by atoms with Crippen LogP contribution < -0.4 is 14.5 Å². The van der Waals surface area contributed by atoms with E-state index >= 15 is 0 Å². The molecule has 1 N–H and O–H groups in total. The molecule has 0 unspecified atom stereocenters. The lowest BCUT2D eigenvalue weighted by Crippen LogP contribution is -2.23. The van der Waals surface area contributed by atoms with Gasteiger partial charge in [-0.15, -0.1) is 5.10 Å². The standard InChI is InChI=1S/C15H15N3O4S/c1-3-9-8-10(19)4-5-11(9)12-13(22-23)14(21-7-6-16)17-18(2)15(12)20/h4-5,8,19,23H,3,7H2,1-2H3. The van der Waals surface area contributed by atoms with Crippen molar-refractivity contribution in [2.45, 2.75) is 13.3 Å². The van der Waals surface area contributed by atoms with E-state index in [1.165, 1.54) is 13.1 Å². The quantitative estimate of drug-likeness (QED) is 0.640. The van der Waals surface area contributed by atoms with Gasteiger partial charge in [-0.3, -0.25) is 4.79 Å². The highest BCUT2D eigenvalue weighted by atomic mass is 32.1. The highest BCUT2D eigenvalue weighted by Gasteiger charge is 2.22. The fraction of sp³-hybridized carbons (Fsp3) is 0.267. The molecule has 7 nitrogen and oxygen atoms in total. The minimum atomic E-state index is -0.404. The first-order valence-electron chi connectivity index (χ1n) is 6.78. The van der Waals surface area contributed by atoms with Gasteiger partial charge in [0, 0.05) is 20.0 Å². The monoisotopic (exact) mass is 333 g/mol. The maximum Gasteiger partial charge on any atom is 0.278 e. The summed E-state index contributed by atoms with van der Waals surface area (Å²) in [5, 5.41) is 22.2. The summed E-state index contributed by atoms with van der Waals surface area (Å²) in [6.07, 6.45) is 0.593. The fourth-order valence-corrected chi connectivity index (χ4v) is 2.40. The zero-order valence-electron chi connectivity index (χ0n) is 12.6. The first-order chi connectivity index (χ1) is 11.0. The van der Waals surface area contributed by atoms with Crippen molar-refractivity contribution < 1.29 is 14.0 Å². The predicted molar refractivity (Wildman–Crippen MR) is 86.7 cm³/mol. The van der Waals surface area contributed by atoms with Gasteiger partial charge in [-0.2, -0.15) is 5.26 Å². The number of aromatic nitrogens is 2. The molecule has 0 aliphatic rings. The van der Waals surface area contributed by atoms with E-state index in [9.17, 15) is 9.90 Å². The highest BCUT2D eigenvalue weighted by molar-refractivity contribution is 7.75. The van der Waals surface area contributed by atoms with E-state index in [1.807, 2.05) is 13.0 Å². The SMILES string of the molecule is CCc1cc(O)ccc1-c1c(OS)c(OCC#N)nn(C)c1=O. The number of phenols is 1. The molecule has 120 valence electrons. The van der Waals surface area contributed by atoms with Gasteiger partial charge in [0.1, 0.15) is 11.8 Å². The third-order valence-corrected chi connectivity index (χ3v) is 3.46. The van der Waals surface area contributed by atoms with Crippen molar-refractivity contribution in [1.29, 1.82) is 5.26 Å². The van der Waals surface area contributed by atoms with Crippen LogP contribution in [0.4, 0.5) is 0 Å². The molecule has 2 rings (SSSR count). The highest BCUT2D eigenvalue weighted by Crippen LogP contribution is 2.37. The van der Waals surface area contributed by atoms with Gasteiger partial charge in [0.15, 0.2) is 6.61 Å². The number of thiol groups is 1. The number of nitriles is 1. The first-order valence-corrected chi connectivity index (χ1v) is 7.14. The van der Waals surface area contributed by atoms with E-state index in [4.69, 9.17) is 14.2 Å². The van der Waals surface area contributed by atoms with E-state index in [1.54, 1.807) is 12.1 Å². The lowest BCUT2D eigenvalue weighted by molar-refractivity contribution is 0.330. The lowest BCUT2D eigenvalue weighted by Gasteiger charge is -2.15. The topological polar surface area (TPSA) is 97.4 Å². The molecule has 0 aliphatic carbocycles. The number of benzene rings is 1. The van der Waals surface area contributed by atoms with Crippen molar-refractivity contribution in [2.75, 3.05) is 6.61 Å². The summed E-state index contributed by atoms with van der Waals surface area (Å²) < 4.78 is 11.3. The zero-order chi connectivity index (χ0) is 17.0. The molecule has 0 atom stereocenters. The summed E-state index contributed by atoms with van der Waals surface area (Å²) in [7, 11) is 1.47. The zero-order valence-corrected chi connectivity index (χ0v) is 13.5. The summed E-state index contributed by atoms with van der Waals surface area (Å²) >= 11 is 3.79. The van der Waals surface area contributed by atoms with Crippen LogP contribution in [0, 0.1) is 11.3 Å². The van der Waals surface area contributed by atoms with Crippen LogP contribution in [0.25, 0.3) is 11.1 Å². The smallest absolute Gasteiger partial charge is 0.278 e. The minimum Gasteiger partial charge on any atom is -0.508 e. The van der Waals surface area contributed by atoms with Gasteiger partial charge in [0.05, 0.1) is 5.56 Å². The van der Waals surface area contributed by atoms with E-state index < -0.39 is 5.56 Å². The van der Waals surface area contributed by atoms with Crippen LogP contribution in [0.5, 0.6) is 17.4 Å². The Bertz CT molecular complexity index is 827. The normalized spacial score (nSPS) is 10.2. The van der Waals surface area contributed by atoms with Gasteiger partial charge in [-0.1, -0.05) is 13.0 Å². The van der Waals surface area contributed by atoms with Gasteiger partial charge in [-0.25, -0.2) is 4.68 Å². The first kappa shape index (κ1) is 16.7. The summed E-state index contributed by atoms with van der Waals surface area (Å²) in [5.74, 6) is 0.131. The molecule has 0 fully saturated rings. The Kier molecular flexibility index (Phi) is 5.13. The Morgan fingerprint density at radius 2 is 2.22 bits per heavy atom. The summed E-state index contributed by atoms with van der Waals surface area (Å²) in [6, 6.07) is 6.50. The van der Waals surface area contributed by atoms with Crippen LogP contribution in [0.1, 0.15) is 12.5 Å². The number of rotatable bonds is 5. The second-order valence-electron chi connectivity index (χ2n) is 4.67. The van der Waals surface area contributed by atoms with Crippen molar-refractivity contribution >= 4 is 12.9 Å². The molecular formula is C15H15N3O4S. The van der Waals surface area contributed by atoms with Crippen LogP contribution in [0.15, 0.2) is 23.0 Å². The third kappa shape index (κ3) is 3.24. The molecule has 23 heavy (non-hydrogen) atoms. The Hall–Kier alpha value is -2.66. The van der Waals surface area contributed by atoms with Crippen LogP contribution >= 0.6 is 12.9 Å². The molecule has 0 bridgehead atoms. The molecule has 0 radical (unpaired) electrons. The van der Waals surface area contributed by atoms with E-state index in [2.05, 4.69) is 18.0 Å². The number of aryl methyl sites for hydroxylation is 2. The second-order valence-corrected chi connectivity index (χ2v) is 4.85. The molecule has 1 aromatic carbocycles. The maximum atomic E-state index is 12.5.